The molecule has 3 rings (SSSR count). The van der Waals surface area contributed by atoms with Gasteiger partial charge in [0, 0.05) is 5.56 Å². The summed E-state index contributed by atoms with van der Waals surface area (Å²) in [5.74, 6) is 0.214. The first-order chi connectivity index (χ1) is 13.2. The van der Waals surface area contributed by atoms with Gasteiger partial charge in [-0.15, -0.1) is 11.3 Å². The van der Waals surface area contributed by atoms with Gasteiger partial charge in [0.15, 0.2) is 0 Å². The number of ether oxygens (including phenoxy) is 1. The lowest BCUT2D eigenvalue weighted by molar-refractivity contribution is 0.0734. The number of thiophene rings is 1. The Kier molecular flexibility index (Phi) is 6.40. The number of unbranched alkanes of at least 4 members (excludes halogenated alkanes) is 2. The van der Waals surface area contributed by atoms with E-state index >= 15 is 0 Å². The molecule has 4 heteroatoms. The first-order valence-corrected chi connectivity index (χ1v) is 9.99. The molecule has 0 radical (unpaired) electrons. The molecule has 0 spiro atoms. The molecule has 0 aliphatic carbocycles. The summed E-state index contributed by atoms with van der Waals surface area (Å²) in [7, 11) is 0. The third kappa shape index (κ3) is 4.45. The smallest absolute Gasteiger partial charge is 0.344 e. The highest BCUT2D eigenvalue weighted by molar-refractivity contribution is 7.13. The molecule has 1 heterocycles. The van der Waals surface area contributed by atoms with E-state index in [9.17, 15) is 10.1 Å². The average Bonchev–Trinajstić information content (AvgIpc) is 3.18. The molecule has 3 nitrogen and oxygen atoms in total. The highest BCUT2D eigenvalue weighted by Crippen LogP contribution is 2.32. The summed E-state index contributed by atoms with van der Waals surface area (Å²) in [6.07, 6.45) is 4.27. The Morgan fingerprint density at radius 2 is 1.85 bits per heavy atom. The minimum absolute atomic E-state index is 0.397. The maximum atomic E-state index is 12.9. The van der Waals surface area contributed by atoms with Crippen molar-refractivity contribution in [3.63, 3.8) is 0 Å². The highest BCUT2D eigenvalue weighted by atomic mass is 32.1. The predicted octanol–water partition coefficient (Wildman–Crippen LogP) is 6.24. The Morgan fingerprint density at radius 1 is 1.07 bits per heavy atom. The standard InChI is InChI=1S/C23H21NO2S/c1-2-3-4-9-17-10-5-8-13-21(17)26-23(25)20-12-7-6-11-19(20)22-18(16-24)14-15-27-22/h5-8,10-15H,2-4,9H2,1H3. The molecule has 0 aliphatic rings. The van der Waals surface area contributed by atoms with Gasteiger partial charge in [0.25, 0.3) is 0 Å². The number of aryl methyl sites for hydroxylation is 1. The van der Waals surface area contributed by atoms with Crippen molar-refractivity contribution in [3.05, 3.63) is 76.7 Å². The summed E-state index contributed by atoms with van der Waals surface area (Å²) in [6.45, 7) is 2.17. The van der Waals surface area contributed by atoms with Crippen LogP contribution in [0.1, 0.15) is 47.7 Å². The average molecular weight is 375 g/mol. The largest absolute Gasteiger partial charge is 0.423 e. The van der Waals surface area contributed by atoms with E-state index in [-0.39, 0.29) is 0 Å². The van der Waals surface area contributed by atoms with Gasteiger partial charge in [-0.05, 0) is 42.0 Å². The number of rotatable bonds is 7. The number of benzene rings is 2. The SMILES string of the molecule is CCCCCc1ccccc1OC(=O)c1ccccc1-c1sccc1C#N. The van der Waals surface area contributed by atoms with Crippen LogP contribution in [0, 0.1) is 11.3 Å². The van der Waals surface area contributed by atoms with Crippen molar-refractivity contribution in [1.82, 2.24) is 0 Å². The molecule has 1 aromatic heterocycles. The van der Waals surface area contributed by atoms with E-state index in [2.05, 4.69) is 13.0 Å². The Morgan fingerprint density at radius 3 is 2.67 bits per heavy atom. The molecule has 0 unspecified atom stereocenters. The van der Waals surface area contributed by atoms with Crippen molar-refractivity contribution in [2.45, 2.75) is 32.6 Å². The van der Waals surface area contributed by atoms with E-state index < -0.39 is 5.97 Å². The monoisotopic (exact) mass is 375 g/mol. The molecular formula is C23H21NO2S. The Hall–Kier alpha value is -2.90. The van der Waals surface area contributed by atoms with Gasteiger partial charge >= 0.3 is 5.97 Å². The molecule has 0 aliphatic heterocycles. The van der Waals surface area contributed by atoms with Crippen LogP contribution in [0.25, 0.3) is 10.4 Å². The van der Waals surface area contributed by atoms with Crippen molar-refractivity contribution >= 4 is 17.3 Å². The van der Waals surface area contributed by atoms with Crippen LogP contribution < -0.4 is 4.74 Å². The molecule has 0 N–H and O–H groups in total. The summed E-state index contributed by atoms with van der Waals surface area (Å²) in [4.78, 5) is 13.7. The van der Waals surface area contributed by atoms with Crippen LogP contribution in [0.5, 0.6) is 5.75 Å². The number of hydrogen-bond donors (Lipinski definition) is 0. The maximum Gasteiger partial charge on any atom is 0.344 e. The summed E-state index contributed by atoms with van der Waals surface area (Å²) in [5, 5.41) is 11.2. The zero-order valence-corrected chi connectivity index (χ0v) is 16.1. The summed E-state index contributed by atoms with van der Waals surface area (Å²) >= 11 is 1.45. The van der Waals surface area contributed by atoms with Crippen LogP contribution in [-0.4, -0.2) is 5.97 Å². The molecule has 3 aromatic rings. The van der Waals surface area contributed by atoms with Crippen LogP contribution >= 0.6 is 11.3 Å². The third-order valence-electron chi connectivity index (χ3n) is 4.40. The fraction of sp³-hybridized carbons (Fsp3) is 0.217. The van der Waals surface area contributed by atoms with Gasteiger partial charge in [0.1, 0.15) is 11.8 Å². The van der Waals surface area contributed by atoms with Gasteiger partial charge < -0.3 is 4.74 Å². The zero-order chi connectivity index (χ0) is 19.1. The molecular weight excluding hydrogens is 354 g/mol. The second kappa shape index (κ2) is 9.16. The summed E-state index contributed by atoms with van der Waals surface area (Å²) in [5.41, 5.74) is 2.82. The minimum Gasteiger partial charge on any atom is -0.423 e. The van der Waals surface area contributed by atoms with Gasteiger partial charge in [-0.2, -0.15) is 5.26 Å². The van der Waals surface area contributed by atoms with Gasteiger partial charge in [0.05, 0.1) is 16.0 Å². The van der Waals surface area contributed by atoms with E-state index in [1.165, 1.54) is 11.3 Å². The molecule has 0 amide bonds. The number of para-hydroxylation sites is 1. The van der Waals surface area contributed by atoms with E-state index in [0.717, 1.165) is 41.7 Å². The quantitative estimate of drug-likeness (QED) is 0.279. The fourth-order valence-corrected chi connectivity index (χ4v) is 3.88. The molecule has 136 valence electrons. The van der Waals surface area contributed by atoms with Crippen LogP contribution in [0.15, 0.2) is 60.0 Å². The van der Waals surface area contributed by atoms with E-state index in [1.807, 2.05) is 47.8 Å². The second-order valence-corrected chi connectivity index (χ2v) is 7.19. The van der Waals surface area contributed by atoms with Crippen LogP contribution in [-0.2, 0) is 6.42 Å². The molecule has 0 bridgehead atoms. The van der Waals surface area contributed by atoms with Crippen molar-refractivity contribution in [3.8, 4) is 22.3 Å². The van der Waals surface area contributed by atoms with Crippen molar-refractivity contribution in [1.29, 1.82) is 5.26 Å². The van der Waals surface area contributed by atoms with Crippen molar-refractivity contribution < 1.29 is 9.53 Å². The number of carbonyl (C=O) groups excluding carboxylic acids is 1. The van der Waals surface area contributed by atoms with E-state index in [1.54, 1.807) is 12.1 Å². The topological polar surface area (TPSA) is 50.1 Å². The van der Waals surface area contributed by atoms with Crippen LogP contribution in [0.3, 0.4) is 0 Å². The number of hydrogen-bond acceptors (Lipinski definition) is 4. The summed E-state index contributed by atoms with van der Waals surface area (Å²) < 4.78 is 5.76. The molecule has 27 heavy (non-hydrogen) atoms. The Bertz CT molecular complexity index is 968. The normalized spacial score (nSPS) is 10.4. The lowest BCUT2D eigenvalue weighted by Crippen LogP contribution is -2.11. The van der Waals surface area contributed by atoms with Gasteiger partial charge in [0.2, 0.25) is 0 Å². The maximum absolute atomic E-state index is 12.9. The highest BCUT2D eigenvalue weighted by Gasteiger charge is 2.18. The first kappa shape index (κ1) is 18.9. The molecule has 0 saturated carbocycles. The van der Waals surface area contributed by atoms with Crippen molar-refractivity contribution in [2.24, 2.45) is 0 Å². The van der Waals surface area contributed by atoms with Gasteiger partial charge in [-0.25, -0.2) is 4.79 Å². The zero-order valence-electron chi connectivity index (χ0n) is 15.3. The summed E-state index contributed by atoms with van der Waals surface area (Å²) in [6, 6.07) is 18.9. The van der Waals surface area contributed by atoms with E-state index in [0.29, 0.717) is 16.9 Å². The predicted molar refractivity (Wildman–Crippen MR) is 109 cm³/mol. The number of nitrogens with zero attached hydrogens (tertiary/aromatic N) is 1. The number of nitriles is 1. The van der Waals surface area contributed by atoms with Gasteiger partial charge in [-0.1, -0.05) is 56.2 Å². The minimum atomic E-state index is -0.397. The first-order valence-electron chi connectivity index (χ1n) is 9.11. The lowest BCUT2D eigenvalue weighted by atomic mass is 10.0. The molecule has 0 fully saturated rings. The third-order valence-corrected chi connectivity index (χ3v) is 5.35. The van der Waals surface area contributed by atoms with Crippen LogP contribution in [0.4, 0.5) is 0 Å². The Balaban J connectivity index is 1.88. The number of esters is 1. The van der Waals surface area contributed by atoms with Gasteiger partial charge in [-0.3, -0.25) is 0 Å². The molecule has 0 saturated heterocycles. The van der Waals surface area contributed by atoms with Crippen LogP contribution in [0.2, 0.25) is 0 Å². The Labute approximate surface area is 163 Å². The number of carbonyl (C=O) groups is 1. The molecule has 0 atom stereocenters. The van der Waals surface area contributed by atoms with E-state index in [4.69, 9.17) is 4.74 Å². The second-order valence-electron chi connectivity index (χ2n) is 6.28. The molecule has 2 aromatic carbocycles. The fourth-order valence-electron chi connectivity index (χ4n) is 3.00. The lowest BCUT2D eigenvalue weighted by Gasteiger charge is -2.12. The van der Waals surface area contributed by atoms with Crippen molar-refractivity contribution in [2.75, 3.05) is 0 Å².